The Kier molecular flexibility index (Phi) is 4.71. The number of pyridine rings is 1. The molecule has 0 aliphatic carbocycles. The molecule has 124 valence electrons. The molecule has 3 rings (SSSR count). The van der Waals surface area contributed by atoms with E-state index in [1.165, 1.54) is 16.8 Å². The summed E-state index contributed by atoms with van der Waals surface area (Å²) in [5.41, 5.74) is 5.25. The molecule has 1 aliphatic heterocycles. The molecule has 24 heavy (non-hydrogen) atoms. The highest BCUT2D eigenvalue weighted by atomic mass is 32.2. The van der Waals surface area contributed by atoms with Gasteiger partial charge in [-0.1, -0.05) is 12.1 Å². The standard InChI is InChI=1S/C17H18N4O2S/c1-20(2)14-5-3-13(4-6-14)17-21(15(22)11-24-17)19-16(23)12-7-9-18-10-8-12/h3-10,17H,11H2,1-2H3,(H,19,23)/t17-/m1/s1. The van der Waals surface area contributed by atoms with Crippen molar-refractivity contribution >= 4 is 29.3 Å². The van der Waals surface area contributed by atoms with Gasteiger partial charge < -0.3 is 4.90 Å². The zero-order valence-corrected chi connectivity index (χ0v) is 14.3. The second kappa shape index (κ2) is 6.92. The van der Waals surface area contributed by atoms with Crippen LogP contribution in [-0.2, 0) is 4.79 Å². The molecule has 0 spiro atoms. The lowest BCUT2D eigenvalue weighted by molar-refractivity contribution is -0.130. The summed E-state index contributed by atoms with van der Waals surface area (Å²) in [7, 11) is 3.95. The molecule has 1 aromatic carbocycles. The zero-order valence-electron chi connectivity index (χ0n) is 13.5. The van der Waals surface area contributed by atoms with Crippen LogP contribution >= 0.6 is 11.8 Å². The molecule has 7 heteroatoms. The van der Waals surface area contributed by atoms with Gasteiger partial charge in [0.1, 0.15) is 5.37 Å². The van der Waals surface area contributed by atoms with Crippen molar-refractivity contribution in [3.05, 3.63) is 59.9 Å². The second-order valence-corrected chi connectivity index (χ2v) is 6.66. The molecule has 0 unspecified atom stereocenters. The van der Waals surface area contributed by atoms with Gasteiger partial charge in [0.25, 0.3) is 11.8 Å². The number of benzene rings is 1. The molecular weight excluding hydrogens is 324 g/mol. The first kappa shape index (κ1) is 16.3. The van der Waals surface area contributed by atoms with E-state index >= 15 is 0 Å². The molecule has 1 atom stereocenters. The van der Waals surface area contributed by atoms with Crippen LogP contribution in [0.3, 0.4) is 0 Å². The molecule has 1 fully saturated rings. The minimum Gasteiger partial charge on any atom is -0.378 e. The highest BCUT2D eigenvalue weighted by Gasteiger charge is 2.34. The van der Waals surface area contributed by atoms with Gasteiger partial charge in [0, 0.05) is 37.7 Å². The Morgan fingerprint density at radius 2 is 1.88 bits per heavy atom. The number of amides is 2. The van der Waals surface area contributed by atoms with Crippen molar-refractivity contribution in [3.63, 3.8) is 0 Å². The highest BCUT2D eigenvalue weighted by Crippen LogP contribution is 2.37. The maximum atomic E-state index is 12.3. The van der Waals surface area contributed by atoms with E-state index in [1.807, 2.05) is 43.3 Å². The molecule has 0 radical (unpaired) electrons. The number of anilines is 1. The molecule has 1 saturated heterocycles. The number of hydrogen-bond acceptors (Lipinski definition) is 5. The largest absolute Gasteiger partial charge is 0.378 e. The summed E-state index contributed by atoms with van der Waals surface area (Å²) in [5.74, 6) is -0.0799. The van der Waals surface area contributed by atoms with Crippen molar-refractivity contribution in [2.75, 3.05) is 24.7 Å². The van der Waals surface area contributed by atoms with Gasteiger partial charge in [-0.3, -0.25) is 20.0 Å². The van der Waals surface area contributed by atoms with Gasteiger partial charge in [-0.15, -0.1) is 11.8 Å². The van der Waals surface area contributed by atoms with Crippen LogP contribution in [-0.4, -0.2) is 41.7 Å². The Hall–Kier alpha value is -2.54. The number of hydrogen-bond donors (Lipinski definition) is 1. The summed E-state index contributed by atoms with van der Waals surface area (Å²) >= 11 is 1.50. The predicted octanol–water partition coefficient (Wildman–Crippen LogP) is 2.07. The van der Waals surface area contributed by atoms with Crippen molar-refractivity contribution in [2.45, 2.75) is 5.37 Å². The van der Waals surface area contributed by atoms with E-state index in [-0.39, 0.29) is 17.2 Å². The van der Waals surface area contributed by atoms with E-state index in [9.17, 15) is 9.59 Å². The minimum absolute atomic E-state index is 0.107. The summed E-state index contributed by atoms with van der Waals surface area (Å²) in [6, 6.07) is 11.2. The summed E-state index contributed by atoms with van der Waals surface area (Å²) in [6.07, 6.45) is 3.10. The van der Waals surface area contributed by atoms with E-state index in [0.29, 0.717) is 11.3 Å². The summed E-state index contributed by atoms with van der Waals surface area (Å²) < 4.78 is 0. The molecule has 2 aromatic rings. The summed E-state index contributed by atoms with van der Waals surface area (Å²) in [5, 5.41) is 1.19. The van der Waals surface area contributed by atoms with Crippen molar-refractivity contribution in [1.82, 2.24) is 15.4 Å². The Morgan fingerprint density at radius 1 is 1.21 bits per heavy atom. The smallest absolute Gasteiger partial charge is 0.270 e. The van der Waals surface area contributed by atoms with Gasteiger partial charge >= 0.3 is 0 Å². The number of carbonyl (C=O) groups is 2. The summed E-state index contributed by atoms with van der Waals surface area (Å²) in [4.78, 5) is 30.4. The first-order chi connectivity index (χ1) is 11.6. The summed E-state index contributed by atoms with van der Waals surface area (Å²) in [6.45, 7) is 0. The average Bonchev–Trinajstić information content (AvgIpc) is 2.96. The fraction of sp³-hybridized carbons (Fsp3) is 0.235. The normalized spacial score (nSPS) is 17.0. The first-order valence-electron chi connectivity index (χ1n) is 7.48. The fourth-order valence-electron chi connectivity index (χ4n) is 2.41. The molecule has 1 N–H and O–H groups in total. The number of nitrogens with zero attached hydrogens (tertiary/aromatic N) is 3. The van der Waals surface area contributed by atoms with E-state index in [1.54, 1.807) is 24.5 Å². The predicted molar refractivity (Wildman–Crippen MR) is 94.5 cm³/mol. The Morgan fingerprint density at radius 3 is 2.50 bits per heavy atom. The van der Waals surface area contributed by atoms with Crippen LogP contribution in [0.5, 0.6) is 0 Å². The lowest BCUT2D eigenvalue weighted by Gasteiger charge is -2.25. The quantitative estimate of drug-likeness (QED) is 0.921. The van der Waals surface area contributed by atoms with Crippen LogP contribution in [0, 0.1) is 0 Å². The van der Waals surface area contributed by atoms with Gasteiger partial charge in [-0.25, -0.2) is 5.01 Å². The molecule has 1 aliphatic rings. The molecule has 0 saturated carbocycles. The Labute approximate surface area is 144 Å². The maximum absolute atomic E-state index is 12.3. The molecule has 2 heterocycles. The Bertz CT molecular complexity index is 734. The maximum Gasteiger partial charge on any atom is 0.270 e. The molecule has 6 nitrogen and oxygen atoms in total. The van der Waals surface area contributed by atoms with Crippen LogP contribution in [0.25, 0.3) is 0 Å². The number of rotatable bonds is 4. The minimum atomic E-state index is -0.317. The van der Waals surface area contributed by atoms with Crippen LogP contribution in [0.4, 0.5) is 5.69 Å². The van der Waals surface area contributed by atoms with Gasteiger partial charge in [-0.2, -0.15) is 0 Å². The lowest BCUT2D eigenvalue weighted by atomic mass is 10.2. The number of thioether (sulfide) groups is 1. The van der Waals surface area contributed by atoms with Crippen molar-refractivity contribution < 1.29 is 9.59 Å². The third kappa shape index (κ3) is 3.35. The zero-order chi connectivity index (χ0) is 17.1. The molecule has 0 bridgehead atoms. The van der Waals surface area contributed by atoms with Crippen LogP contribution in [0.2, 0.25) is 0 Å². The third-order valence-corrected chi connectivity index (χ3v) is 4.94. The highest BCUT2D eigenvalue weighted by molar-refractivity contribution is 8.00. The fourth-order valence-corrected chi connectivity index (χ4v) is 3.51. The Balaban J connectivity index is 1.78. The monoisotopic (exact) mass is 342 g/mol. The SMILES string of the molecule is CN(C)c1ccc([C@H]2SCC(=O)N2NC(=O)c2ccncc2)cc1. The van der Waals surface area contributed by atoms with Gasteiger partial charge in [0.05, 0.1) is 5.75 Å². The van der Waals surface area contributed by atoms with Gasteiger partial charge in [0.2, 0.25) is 0 Å². The van der Waals surface area contributed by atoms with Crippen molar-refractivity contribution in [1.29, 1.82) is 0 Å². The van der Waals surface area contributed by atoms with Gasteiger partial charge in [-0.05, 0) is 29.8 Å². The van der Waals surface area contributed by atoms with Crippen molar-refractivity contribution in [2.24, 2.45) is 0 Å². The second-order valence-electron chi connectivity index (χ2n) is 5.59. The molecule has 1 aromatic heterocycles. The number of carbonyl (C=O) groups excluding carboxylic acids is 2. The van der Waals surface area contributed by atoms with E-state index in [2.05, 4.69) is 10.4 Å². The van der Waals surface area contributed by atoms with Crippen LogP contribution < -0.4 is 10.3 Å². The average molecular weight is 342 g/mol. The molecule has 2 amide bonds. The molecular formula is C17H18N4O2S. The van der Waals surface area contributed by atoms with Crippen molar-refractivity contribution in [3.8, 4) is 0 Å². The topological polar surface area (TPSA) is 65.5 Å². The lowest BCUT2D eigenvalue weighted by Crippen LogP contribution is -2.44. The number of aromatic nitrogens is 1. The number of nitrogens with one attached hydrogen (secondary N) is 1. The van der Waals surface area contributed by atoms with Crippen LogP contribution in [0.15, 0.2) is 48.8 Å². The number of hydrazine groups is 1. The van der Waals surface area contributed by atoms with Gasteiger partial charge in [0.15, 0.2) is 0 Å². The van der Waals surface area contributed by atoms with Crippen LogP contribution in [0.1, 0.15) is 21.3 Å². The van der Waals surface area contributed by atoms with E-state index in [0.717, 1.165) is 11.3 Å². The third-order valence-electron chi connectivity index (χ3n) is 3.73. The van der Waals surface area contributed by atoms with E-state index in [4.69, 9.17) is 0 Å². The first-order valence-corrected chi connectivity index (χ1v) is 8.53. The van der Waals surface area contributed by atoms with E-state index < -0.39 is 0 Å².